The van der Waals surface area contributed by atoms with E-state index in [1.165, 1.54) is 45.4 Å². The SMILES string of the molecule is CC1CCN(C2CCN(C(C)C)CC2)C1.CCCC(C)=O. The van der Waals surface area contributed by atoms with Crippen molar-refractivity contribution in [1.29, 1.82) is 0 Å². The van der Waals surface area contributed by atoms with Crippen molar-refractivity contribution in [3.63, 3.8) is 0 Å². The number of carbonyl (C=O) groups is 1. The predicted octanol–water partition coefficient (Wildman–Crippen LogP) is 3.58. The van der Waals surface area contributed by atoms with Crippen molar-refractivity contribution in [3.05, 3.63) is 0 Å². The van der Waals surface area contributed by atoms with Crippen molar-refractivity contribution in [3.8, 4) is 0 Å². The van der Waals surface area contributed by atoms with Crippen molar-refractivity contribution < 1.29 is 4.79 Å². The minimum atomic E-state index is 0.289. The number of carbonyl (C=O) groups excluding carboxylic acids is 1. The van der Waals surface area contributed by atoms with Crippen LogP contribution in [0.15, 0.2) is 0 Å². The summed E-state index contributed by atoms with van der Waals surface area (Å²) in [4.78, 5) is 15.4. The van der Waals surface area contributed by atoms with E-state index in [0.29, 0.717) is 0 Å². The molecule has 2 rings (SSSR count). The molecule has 0 saturated carbocycles. The molecular weight excluding hydrogens is 260 g/mol. The van der Waals surface area contributed by atoms with Gasteiger partial charge in [-0.3, -0.25) is 0 Å². The van der Waals surface area contributed by atoms with E-state index in [9.17, 15) is 4.79 Å². The molecule has 0 radical (unpaired) electrons. The Bertz CT molecular complexity index is 296. The van der Waals surface area contributed by atoms with Crippen LogP contribution >= 0.6 is 0 Å². The van der Waals surface area contributed by atoms with Crippen LogP contribution in [0.4, 0.5) is 0 Å². The number of nitrogens with zero attached hydrogens (tertiary/aromatic N) is 2. The molecule has 0 aliphatic carbocycles. The van der Waals surface area contributed by atoms with Crippen LogP contribution < -0.4 is 0 Å². The van der Waals surface area contributed by atoms with E-state index in [2.05, 4.69) is 30.6 Å². The zero-order valence-electron chi connectivity index (χ0n) is 14.9. The van der Waals surface area contributed by atoms with Crippen LogP contribution in [0, 0.1) is 5.92 Å². The Hall–Kier alpha value is -0.410. The highest BCUT2D eigenvalue weighted by Crippen LogP contribution is 2.24. The second kappa shape index (κ2) is 9.58. The molecule has 2 fully saturated rings. The molecule has 0 amide bonds. The van der Waals surface area contributed by atoms with Crippen LogP contribution in [0.2, 0.25) is 0 Å². The van der Waals surface area contributed by atoms with E-state index in [1.807, 2.05) is 6.92 Å². The monoisotopic (exact) mass is 296 g/mol. The summed E-state index contributed by atoms with van der Waals surface area (Å²) in [6, 6.07) is 1.63. The minimum Gasteiger partial charge on any atom is -0.301 e. The summed E-state index contributed by atoms with van der Waals surface area (Å²) in [7, 11) is 0. The first kappa shape index (κ1) is 18.6. The Morgan fingerprint density at radius 3 is 2.10 bits per heavy atom. The first-order chi connectivity index (χ1) is 9.93. The second-order valence-electron chi connectivity index (χ2n) is 7.20. The summed E-state index contributed by atoms with van der Waals surface area (Å²) < 4.78 is 0. The molecule has 0 spiro atoms. The third-order valence-corrected chi connectivity index (χ3v) is 4.80. The largest absolute Gasteiger partial charge is 0.301 e. The quantitative estimate of drug-likeness (QED) is 0.792. The van der Waals surface area contributed by atoms with Gasteiger partial charge in [0.05, 0.1) is 0 Å². The zero-order chi connectivity index (χ0) is 15.8. The lowest BCUT2D eigenvalue weighted by molar-refractivity contribution is -0.117. The van der Waals surface area contributed by atoms with Crippen molar-refractivity contribution in [1.82, 2.24) is 9.80 Å². The highest BCUT2D eigenvalue weighted by Gasteiger charge is 2.29. The smallest absolute Gasteiger partial charge is 0.129 e. The summed E-state index contributed by atoms with van der Waals surface area (Å²) in [6.45, 7) is 16.0. The van der Waals surface area contributed by atoms with Crippen LogP contribution in [0.5, 0.6) is 0 Å². The molecule has 0 aromatic rings. The van der Waals surface area contributed by atoms with Crippen molar-refractivity contribution in [2.45, 2.75) is 78.8 Å². The molecular formula is C18H36N2O. The lowest BCUT2D eigenvalue weighted by Crippen LogP contribution is -2.46. The molecule has 124 valence electrons. The van der Waals surface area contributed by atoms with Gasteiger partial charge in [0.2, 0.25) is 0 Å². The molecule has 0 N–H and O–H groups in total. The Morgan fingerprint density at radius 1 is 1.14 bits per heavy atom. The lowest BCUT2D eigenvalue weighted by Gasteiger charge is -2.38. The molecule has 2 saturated heterocycles. The average molecular weight is 296 g/mol. The molecule has 1 atom stereocenters. The molecule has 2 heterocycles. The molecule has 3 heteroatoms. The average Bonchev–Trinajstić information content (AvgIpc) is 2.86. The molecule has 0 bridgehead atoms. The fraction of sp³-hybridized carbons (Fsp3) is 0.944. The second-order valence-corrected chi connectivity index (χ2v) is 7.20. The van der Waals surface area contributed by atoms with Crippen molar-refractivity contribution in [2.75, 3.05) is 26.2 Å². The van der Waals surface area contributed by atoms with E-state index < -0.39 is 0 Å². The third kappa shape index (κ3) is 6.92. The summed E-state index contributed by atoms with van der Waals surface area (Å²) >= 11 is 0. The molecule has 0 aromatic carbocycles. The lowest BCUT2D eigenvalue weighted by atomic mass is 10.0. The van der Waals surface area contributed by atoms with Gasteiger partial charge >= 0.3 is 0 Å². The number of hydrogen-bond donors (Lipinski definition) is 0. The number of rotatable bonds is 4. The number of likely N-dealkylation sites (tertiary alicyclic amines) is 2. The van der Waals surface area contributed by atoms with Gasteiger partial charge in [0, 0.05) is 25.0 Å². The van der Waals surface area contributed by atoms with Gasteiger partial charge in [-0.1, -0.05) is 13.8 Å². The number of hydrogen-bond acceptors (Lipinski definition) is 3. The van der Waals surface area contributed by atoms with Crippen LogP contribution in [0.1, 0.15) is 66.7 Å². The molecule has 0 aromatic heterocycles. The summed E-state index contributed by atoms with van der Waals surface area (Å²) in [5.41, 5.74) is 0. The predicted molar refractivity (Wildman–Crippen MR) is 90.7 cm³/mol. The van der Waals surface area contributed by atoms with Crippen LogP contribution in [0.25, 0.3) is 0 Å². The van der Waals surface area contributed by atoms with Crippen molar-refractivity contribution >= 4 is 5.78 Å². The maximum Gasteiger partial charge on any atom is 0.129 e. The topological polar surface area (TPSA) is 23.6 Å². The van der Waals surface area contributed by atoms with E-state index in [0.717, 1.165) is 30.8 Å². The first-order valence-electron chi connectivity index (χ1n) is 8.91. The van der Waals surface area contributed by atoms with Gasteiger partial charge in [-0.2, -0.15) is 0 Å². The van der Waals surface area contributed by atoms with Crippen LogP contribution in [-0.4, -0.2) is 53.8 Å². The Morgan fingerprint density at radius 2 is 1.76 bits per heavy atom. The van der Waals surface area contributed by atoms with E-state index in [1.54, 1.807) is 6.92 Å². The van der Waals surface area contributed by atoms with Gasteiger partial charge in [-0.15, -0.1) is 0 Å². The minimum absolute atomic E-state index is 0.289. The van der Waals surface area contributed by atoms with Crippen LogP contribution in [-0.2, 0) is 4.79 Å². The summed E-state index contributed by atoms with van der Waals surface area (Å²) in [5.74, 6) is 1.23. The van der Waals surface area contributed by atoms with Gasteiger partial charge in [0.25, 0.3) is 0 Å². The molecule has 2 aliphatic heterocycles. The fourth-order valence-corrected chi connectivity index (χ4v) is 3.42. The van der Waals surface area contributed by atoms with Gasteiger partial charge in [-0.05, 0) is 72.0 Å². The third-order valence-electron chi connectivity index (χ3n) is 4.80. The molecule has 2 aliphatic rings. The highest BCUT2D eigenvalue weighted by molar-refractivity contribution is 5.75. The molecule has 21 heavy (non-hydrogen) atoms. The zero-order valence-corrected chi connectivity index (χ0v) is 14.9. The van der Waals surface area contributed by atoms with E-state index in [-0.39, 0.29) is 5.78 Å². The maximum atomic E-state index is 10.0. The standard InChI is InChI=1S/C13H26N2.C5H10O/c1-11(2)14-8-5-13(6-9-14)15-7-4-12(3)10-15;1-3-4-5(2)6/h11-13H,4-10H2,1-3H3;3-4H2,1-2H3. The Kier molecular flexibility index (Phi) is 8.50. The van der Waals surface area contributed by atoms with Crippen LogP contribution in [0.3, 0.4) is 0 Å². The normalized spacial score (nSPS) is 25.0. The number of ketones is 1. The van der Waals surface area contributed by atoms with Gasteiger partial charge in [0.1, 0.15) is 5.78 Å². The van der Waals surface area contributed by atoms with E-state index in [4.69, 9.17) is 0 Å². The maximum absolute atomic E-state index is 10.0. The summed E-state index contributed by atoms with van der Waals surface area (Å²) in [6.07, 6.45) is 5.93. The molecule has 1 unspecified atom stereocenters. The summed E-state index contributed by atoms with van der Waals surface area (Å²) in [5, 5.41) is 0. The van der Waals surface area contributed by atoms with Crippen molar-refractivity contribution in [2.24, 2.45) is 5.92 Å². The highest BCUT2D eigenvalue weighted by atomic mass is 16.1. The van der Waals surface area contributed by atoms with Gasteiger partial charge in [0.15, 0.2) is 0 Å². The number of Topliss-reactive ketones (excluding diaryl/α,β-unsaturated/α-hetero) is 1. The Labute approximate surface area is 132 Å². The van der Waals surface area contributed by atoms with E-state index >= 15 is 0 Å². The Balaban J connectivity index is 0.000000315. The number of piperidine rings is 1. The molecule has 3 nitrogen and oxygen atoms in total. The van der Waals surface area contributed by atoms with Gasteiger partial charge < -0.3 is 14.6 Å². The fourth-order valence-electron chi connectivity index (χ4n) is 3.42. The van der Waals surface area contributed by atoms with Gasteiger partial charge in [-0.25, -0.2) is 0 Å². The first-order valence-corrected chi connectivity index (χ1v) is 8.91.